The molecule has 0 bridgehead atoms. The van der Waals surface area contributed by atoms with Gasteiger partial charge < -0.3 is 14.5 Å². The summed E-state index contributed by atoms with van der Waals surface area (Å²) < 4.78 is 5.61. The molecule has 3 rings (SSSR count). The van der Waals surface area contributed by atoms with Crippen molar-refractivity contribution < 1.29 is 14.5 Å². The predicted molar refractivity (Wildman–Crippen MR) is 69.3 cm³/mol. The van der Waals surface area contributed by atoms with Gasteiger partial charge in [0.1, 0.15) is 5.52 Å². The maximum Gasteiger partial charge on any atom is 0.490 e. The summed E-state index contributed by atoms with van der Waals surface area (Å²) in [6.07, 6.45) is 0. The van der Waals surface area contributed by atoms with Gasteiger partial charge in [-0.15, -0.1) is 0 Å². The molecule has 18 heavy (non-hydrogen) atoms. The first-order chi connectivity index (χ1) is 8.75. The van der Waals surface area contributed by atoms with Crippen LogP contribution in [0.25, 0.3) is 22.6 Å². The van der Waals surface area contributed by atoms with Crippen molar-refractivity contribution in [2.75, 3.05) is 0 Å². The van der Waals surface area contributed by atoms with Gasteiger partial charge in [-0.3, -0.25) is 0 Å². The monoisotopic (exact) mass is 239 g/mol. The van der Waals surface area contributed by atoms with Crippen molar-refractivity contribution in [3.05, 3.63) is 48.5 Å². The standard InChI is InChI=1S/C13H10BNO3/c16-14(17)10-7-4-8-11-12(10)15-13(18-11)9-5-2-1-3-6-9/h1-8,16-17H. The Hall–Kier alpha value is -2.11. The van der Waals surface area contributed by atoms with Gasteiger partial charge in [0.2, 0.25) is 5.89 Å². The molecule has 0 spiro atoms. The Bertz CT molecular complexity index is 679. The van der Waals surface area contributed by atoms with Gasteiger partial charge in [-0.1, -0.05) is 30.3 Å². The van der Waals surface area contributed by atoms with E-state index in [1.54, 1.807) is 18.2 Å². The molecule has 0 aliphatic carbocycles. The topological polar surface area (TPSA) is 66.5 Å². The molecule has 0 atom stereocenters. The summed E-state index contributed by atoms with van der Waals surface area (Å²) in [5, 5.41) is 18.6. The number of para-hydroxylation sites is 1. The molecule has 3 aromatic rings. The summed E-state index contributed by atoms with van der Waals surface area (Å²) in [5.41, 5.74) is 2.22. The van der Waals surface area contributed by atoms with Crippen LogP contribution in [-0.4, -0.2) is 22.2 Å². The first kappa shape index (κ1) is 11.0. The molecule has 0 saturated heterocycles. The lowest BCUT2D eigenvalue weighted by Crippen LogP contribution is -2.30. The number of hydrogen-bond acceptors (Lipinski definition) is 4. The van der Waals surface area contributed by atoms with E-state index < -0.39 is 7.12 Å². The van der Waals surface area contributed by atoms with E-state index in [4.69, 9.17) is 4.42 Å². The maximum atomic E-state index is 9.28. The molecule has 88 valence electrons. The van der Waals surface area contributed by atoms with Crippen LogP contribution in [0.2, 0.25) is 0 Å². The van der Waals surface area contributed by atoms with E-state index in [9.17, 15) is 10.0 Å². The van der Waals surface area contributed by atoms with Crippen molar-refractivity contribution in [3.63, 3.8) is 0 Å². The van der Waals surface area contributed by atoms with Crippen molar-refractivity contribution in [1.29, 1.82) is 0 Å². The fourth-order valence-electron chi connectivity index (χ4n) is 1.88. The Morgan fingerprint density at radius 1 is 0.944 bits per heavy atom. The zero-order valence-electron chi connectivity index (χ0n) is 9.45. The molecule has 0 amide bonds. The van der Waals surface area contributed by atoms with Crippen LogP contribution < -0.4 is 5.46 Å². The molecule has 0 radical (unpaired) electrons. The van der Waals surface area contributed by atoms with Gasteiger partial charge in [0.25, 0.3) is 0 Å². The van der Waals surface area contributed by atoms with E-state index in [0.29, 0.717) is 22.5 Å². The Kier molecular flexibility index (Phi) is 2.62. The van der Waals surface area contributed by atoms with Crippen molar-refractivity contribution in [1.82, 2.24) is 4.98 Å². The van der Waals surface area contributed by atoms with Gasteiger partial charge in [-0.05, 0) is 18.2 Å². The summed E-state index contributed by atoms with van der Waals surface area (Å²) >= 11 is 0. The zero-order valence-corrected chi connectivity index (χ0v) is 9.45. The predicted octanol–water partition coefficient (Wildman–Crippen LogP) is 1.17. The van der Waals surface area contributed by atoms with Gasteiger partial charge >= 0.3 is 7.12 Å². The quantitative estimate of drug-likeness (QED) is 0.659. The lowest BCUT2D eigenvalue weighted by atomic mass is 9.79. The molecule has 1 heterocycles. The minimum Gasteiger partial charge on any atom is -0.436 e. The lowest BCUT2D eigenvalue weighted by molar-refractivity contribution is 0.426. The molecule has 0 unspecified atom stereocenters. The van der Waals surface area contributed by atoms with Crippen LogP contribution in [0.3, 0.4) is 0 Å². The van der Waals surface area contributed by atoms with Gasteiger partial charge in [0.05, 0.1) is 0 Å². The van der Waals surface area contributed by atoms with Crippen LogP contribution in [0.5, 0.6) is 0 Å². The number of aromatic nitrogens is 1. The first-order valence-corrected chi connectivity index (χ1v) is 5.57. The van der Waals surface area contributed by atoms with Crippen LogP contribution in [0.1, 0.15) is 0 Å². The summed E-state index contributed by atoms with van der Waals surface area (Å²) in [4.78, 5) is 4.32. The third-order valence-corrected chi connectivity index (χ3v) is 2.75. The molecule has 0 saturated carbocycles. The molecule has 2 N–H and O–H groups in total. The molecular weight excluding hydrogens is 229 g/mol. The molecule has 0 aliphatic rings. The number of fused-ring (bicyclic) bond motifs is 1. The number of hydrogen-bond donors (Lipinski definition) is 2. The van der Waals surface area contributed by atoms with Gasteiger partial charge in [-0.25, -0.2) is 4.98 Å². The highest BCUT2D eigenvalue weighted by atomic mass is 16.4. The van der Waals surface area contributed by atoms with E-state index >= 15 is 0 Å². The summed E-state index contributed by atoms with van der Waals surface area (Å²) in [7, 11) is -1.55. The Morgan fingerprint density at radius 3 is 2.44 bits per heavy atom. The second-order valence-electron chi connectivity index (χ2n) is 3.95. The molecule has 0 aliphatic heterocycles. The number of nitrogens with zero attached hydrogens (tertiary/aromatic N) is 1. The number of rotatable bonds is 2. The van der Waals surface area contributed by atoms with Crippen molar-refractivity contribution in [2.45, 2.75) is 0 Å². The summed E-state index contributed by atoms with van der Waals surface area (Å²) in [6, 6.07) is 14.6. The molecule has 2 aromatic carbocycles. The average molecular weight is 239 g/mol. The van der Waals surface area contributed by atoms with Crippen molar-refractivity contribution >= 4 is 23.7 Å². The van der Waals surface area contributed by atoms with Crippen molar-refractivity contribution in [3.8, 4) is 11.5 Å². The third-order valence-electron chi connectivity index (χ3n) is 2.75. The van der Waals surface area contributed by atoms with E-state index in [0.717, 1.165) is 5.56 Å². The Balaban J connectivity index is 2.20. The summed E-state index contributed by atoms with van der Waals surface area (Å²) in [5.74, 6) is 0.471. The fraction of sp³-hybridized carbons (Fsp3) is 0. The van der Waals surface area contributed by atoms with Crippen LogP contribution in [0.4, 0.5) is 0 Å². The van der Waals surface area contributed by atoms with Gasteiger partial charge in [0, 0.05) is 11.0 Å². The van der Waals surface area contributed by atoms with Crippen molar-refractivity contribution in [2.24, 2.45) is 0 Å². The molecule has 5 heteroatoms. The first-order valence-electron chi connectivity index (χ1n) is 5.57. The number of oxazole rings is 1. The second-order valence-corrected chi connectivity index (χ2v) is 3.95. The highest BCUT2D eigenvalue weighted by Gasteiger charge is 2.18. The largest absolute Gasteiger partial charge is 0.490 e. The molecule has 0 fully saturated rings. The average Bonchev–Trinajstić information content (AvgIpc) is 2.83. The van der Waals surface area contributed by atoms with E-state index in [-0.39, 0.29) is 0 Å². The van der Waals surface area contributed by atoms with Gasteiger partial charge in [0.15, 0.2) is 5.58 Å². The van der Waals surface area contributed by atoms with E-state index in [2.05, 4.69) is 4.98 Å². The Morgan fingerprint density at radius 2 is 1.72 bits per heavy atom. The minimum atomic E-state index is -1.55. The highest BCUT2D eigenvalue weighted by molar-refractivity contribution is 6.61. The van der Waals surface area contributed by atoms with Crippen LogP contribution in [0.15, 0.2) is 52.9 Å². The maximum absolute atomic E-state index is 9.28. The zero-order chi connectivity index (χ0) is 12.5. The number of benzene rings is 2. The minimum absolute atomic E-state index is 0.346. The fourth-order valence-corrected chi connectivity index (χ4v) is 1.88. The lowest BCUT2D eigenvalue weighted by Gasteiger charge is -1.97. The summed E-state index contributed by atoms with van der Waals surface area (Å²) in [6.45, 7) is 0. The smallest absolute Gasteiger partial charge is 0.436 e. The van der Waals surface area contributed by atoms with Crippen LogP contribution in [0, 0.1) is 0 Å². The SMILES string of the molecule is OB(O)c1cccc2oc(-c3ccccc3)nc12. The van der Waals surface area contributed by atoms with E-state index in [1.807, 2.05) is 30.3 Å². The van der Waals surface area contributed by atoms with E-state index in [1.165, 1.54) is 0 Å². The third kappa shape index (κ3) is 1.79. The van der Waals surface area contributed by atoms with Crippen LogP contribution in [-0.2, 0) is 0 Å². The Labute approximate surface area is 104 Å². The molecular formula is C13H10BNO3. The van der Waals surface area contributed by atoms with Crippen LogP contribution >= 0.6 is 0 Å². The molecule has 1 aromatic heterocycles. The van der Waals surface area contributed by atoms with Gasteiger partial charge in [-0.2, -0.15) is 0 Å². The highest BCUT2D eigenvalue weighted by Crippen LogP contribution is 2.22. The molecule has 4 nitrogen and oxygen atoms in total. The second kappa shape index (κ2) is 4.29. The normalized spacial score (nSPS) is 10.8.